The van der Waals surface area contributed by atoms with Crippen LogP contribution in [0.2, 0.25) is 0 Å². The molecule has 25 heavy (non-hydrogen) atoms. The zero-order chi connectivity index (χ0) is 17.0. The normalized spacial score (nSPS) is 12.9. The Balaban J connectivity index is 1.78. The van der Waals surface area contributed by atoms with Gasteiger partial charge in [0.25, 0.3) is 0 Å². The van der Waals surface area contributed by atoms with E-state index in [1.54, 1.807) is 0 Å². The Labute approximate surface area is 146 Å². The number of aromatic nitrogens is 4. The first-order valence-corrected chi connectivity index (χ1v) is 8.62. The maximum Gasteiger partial charge on any atom is 0.161 e. The van der Waals surface area contributed by atoms with E-state index in [1.165, 1.54) is 11.1 Å². The summed E-state index contributed by atoms with van der Waals surface area (Å²) in [5.41, 5.74) is 6.72. The fourth-order valence-corrected chi connectivity index (χ4v) is 3.61. The molecule has 0 aliphatic carbocycles. The largest absolute Gasteiger partial charge is 0.280 e. The van der Waals surface area contributed by atoms with Gasteiger partial charge in [-0.3, -0.25) is 4.57 Å². The molecule has 122 valence electrons. The van der Waals surface area contributed by atoms with Crippen molar-refractivity contribution in [1.82, 2.24) is 19.5 Å². The third kappa shape index (κ3) is 2.18. The van der Waals surface area contributed by atoms with E-state index in [2.05, 4.69) is 60.9 Å². The molecule has 0 radical (unpaired) electrons. The molecule has 4 aromatic rings. The van der Waals surface area contributed by atoms with Crippen LogP contribution < -0.4 is 0 Å². The molecule has 0 unspecified atom stereocenters. The van der Waals surface area contributed by atoms with Gasteiger partial charge in [-0.2, -0.15) is 0 Å². The van der Waals surface area contributed by atoms with Crippen LogP contribution in [0.15, 0.2) is 48.5 Å². The molecule has 0 saturated carbocycles. The zero-order valence-corrected chi connectivity index (χ0v) is 14.3. The van der Waals surface area contributed by atoms with E-state index in [1.807, 2.05) is 6.07 Å². The highest BCUT2D eigenvalue weighted by molar-refractivity contribution is 5.79. The standard InChI is InChI=1S/C21H18N4/c1-13-7-9-15(10-8-13)20-22-14(2)16-11-12-19-23-17-5-3-4-6-18(17)25(19)21(16)24-20/h3-10H,11-12H2,1-2H3. The molecule has 4 heteroatoms. The second kappa shape index (κ2) is 5.24. The van der Waals surface area contributed by atoms with Crippen LogP contribution in [0.3, 0.4) is 0 Å². The highest BCUT2D eigenvalue weighted by atomic mass is 15.2. The van der Waals surface area contributed by atoms with Crippen LogP contribution in [-0.2, 0) is 12.8 Å². The quantitative estimate of drug-likeness (QED) is 0.526. The molecule has 0 amide bonds. The Morgan fingerprint density at radius 1 is 0.840 bits per heavy atom. The van der Waals surface area contributed by atoms with Gasteiger partial charge in [0.05, 0.1) is 11.0 Å². The number of benzene rings is 2. The number of fused-ring (bicyclic) bond motifs is 5. The maximum absolute atomic E-state index is 4.95. The third-order valence-corrected chi connectivity index (χ3v) is 4.94. The molecule has 0 saturated heterocycles. The Morgan fingerprint density at radius 2 is 1.64 bits per heavy atom. The van der Waals surface area contributed by atoms with E-state index in [0.29, 0.717) is 0 Å². The molecule has 1 aliphatic rings. The van der Waals surface area contributed by atoms with Crippen molar-refractivity contribution in [3.63, 3.8) is 0 Å². The Morgan fingerprint density at radius 3 is 2.48 bits per heavy atom. The summed E-state index contributed by atoms with van der Waals surface area (Å²) in [7, 11) is 0. The summed E-state index contributed by atoms with van der Waals surface area (Å²) in [4.78, 5) is 14.5. The smallest absolute Gasteiger partial charge is 0.161 e. The summed E-state index contributed by atoms with van der Waals surface area (Å²) in [6.07, 6.45) is 1.87. The lowest BCUT2D eigenvalue weighted by atomic mass is 10.0. The van der Waals surface area contributed by atoms with Crippen LogP contribution in [0.5, 0.6) is 0 Å². The van der Waals surface area contributed by atoms with E-state index in [0.717, 1.165) is 52.6 Å². The van der Waals surface area contributed by atoms with Gasteiger partial charge in [0.15, 0.2) is 5.82 Å². The van der Waals surface area contributed by atoms with Crippen molar-refractivity contribution >= 4 is 11.0 Å². The van der Waals surface area contributed by atoms with Gasteiger partial charge in [0, 0.05) is 23.2 Å². The average Bonchev–Trinajstić information content (AvgIpc) is 3.01. The van der Waals surface area contributed by atoms with Gasteiger partial charge >= 0.3 is 0 Å². The van der Waals surface area contributed by atoms with Gasteiger partial charge in [0.2, 0.25) is 0 Å². The minimum Gasteiger partial charge on any atom is -0.280 e. The monoisotopic (exact) mass is 326 g/mol. The van der Waals surface area contributed by atoms with Crippen LogP contribution in [0.1, 0.15) is 22.6 Å². The molecular weight excluding hydrogens is 308 g/mol. The first-order chi connectivity index (χ1) is 12.2. The molecule has 0 fully saturated rings. The number of rotatable bonds is 1. The number of hydrogen-bond acceptors (Lipinski definition) is 3. The predicted octanol–water partition coefficient (Wildman–Crippen LogP) is 4.20. The molecule has 1 aliphatic heterocycles. The number of imidazole rings is 1. The zero-order valence-electron chi connectivity index (χ0n) is 14.3. The van der Waals surface area contributed by atoms with Crippen LogP contribution in [0.4, 0.5) is 0 Å². The van der Waals surface area contributed by atoms with Crippen LogP contribution in [0.25, 0.3) is 28.2 Å². The summed E-state index contributed by atoms with van der Waals surface area (Å²) in [5.74, 6) is 2.85. The van der Waals surface area contributed by atoms with Gasteiger partial charge < -0.3 is 0 Å². The molecule has 4 nitrogen and oxygen atoms in total. The van der Waals surface area contributed by atoms with Gasteiger partial charge in [-0.1, -0.05) is 42.0 Å². The van der Waals surface area contributed by atoms with Crippen molar-refractivity contribution in [3.05, 3.63) is 71.2 Å². The van der Waals surface area contributed by atoms with Crippen LogP contribution in [0, 0.1) is 13.8 Å². The van der Waals surface area contributed by atoms with E-state index >= 15 is 0 Å². The first kappa shape index (κ1) is 14.3. The van der Waals surface area contributed by atoms with Gasteiger partial charge in [-0.25, -0.2) is 15.0 Å². The second-order valence-corrected chi connectivity index (χ2v) is 6.65. The molecule has 2 aromatic heterocycles. The van der Waals surface area contributed by atoms with E-state index in [9.17, 15) is 0 Å². The van der Waals surface area contributed by atoms with Crippen LogP contribution >= 0.6 is 0 Å². The molecule has 0 N–H and O–H groups in total. The fraction of sp³-hybridized carbons (Fsp3) is 0.190. The van der Waals surface area contributed by atoms with E-state index in [-0.39, 0.29) is 0 Å². The summed E-state index contributed by atoms with van der Waals surface area (Å²) in [6.45, 7) is 4.18. The van der Waals surface area contributed by atoms with Crippen molar-refractivity contribution in [2.45, 2.75) is 26.7 Å². The molecule has 0 spiro atoms. The van der Waals surface area contributed by atoms with Gasteiger partial charge in [-0.05, 0) is 32.4 Å². The van der Waals surface area contributed by atoms with Crippen molar-refractivity contribution in [3.8, 4) is 17.2 Å². The lowest BCUT2D eigenvalue weighted by Crippen LogP contribution is -2.17. The summed E-state index contributed by atoms with van der Waals surface area (Å²) >= 11 is 0. The predicted molar refractivity (Wildman–Crippen MR) is 99.0 cm³/mol. The molecule has 3 heterocycles. The lowest BCUT2D eigenvalue weighted by Gasteiger charge is -2.20. The Hall–Kier alpha value is -3.01. The molecule has 0 bridgehead atoms. The Kier molecular flexibility index (Phi) is 3.01. The highest BCUT2D eigenvalue weighted by Gasteiger charge is 2.24. The summed E-state index contributed by atoms with van der Waals surface area (Å²) in [5, 5.41) is 0. The topological polar surface area (TPSA) is 43.6 Å². The molecule has 2 aromatic carbocycles. The molecule has 5 rings (SSSR count). The summed E-state index contributed by atoms with van der Waals surface area (Å²) < 4.78 is 2.21. The van der Waals surface area contributed by atoms with E-state index in [4.69, 9.17) is 15.0 Å². The third-order valence-electron chi connectivity index (χ3n) is 4.94. The minimum absolute atomic E-state index is 0.780. The van der Waals surface area contributed by atoms with Crippen molar-refractivity contribution < 1.29 is 0 Å². The molecule has 0 atom stereocenters. The van der Waals surface area contributed by atoms with Crippen molar-refractivity contribution in [2.24, 2.45) is 0 Å². The number of para-hydroxylation sites is 2. The molecular formula is C21H18N4. The highest BCUT2D eigenvalue weighted by Crippen LogP contribution is 2.31. The van der Waals surface area contributed by atoms with Crippen LogP contribution in [-0.4, -0.2) is 19.5 Å². The number of nitrogens with zero attached hydrogens (tertiary/aromatic N) is 4. The minimum atomic E-state index is 0.780. The van der Waals surface area contributed by atoms with Crippen molar-refractivity contribution in [2.75, 3.05) is 0 Å². The maximum atomic E-state index is 4.95. The lowest BCUT2D eigenvalue weighted by molar-refractivity contribution is 0.753. The van der Waals surface area contributed by atoms with Gasteiger partial charge in [0.1, 0.15) is 11.6 Å². The fourth-order valence-electron chi connectivity index (χ4n) is 3.61. The SMILES string of the molecule is Cc1ccc(-c2nc(C)c3c(n2)-n2c(nc4ccccc42)CC3)cc1. The Bertz CT molecular complexity index is 1110. The van der Waals surface area contributed by atoms with E-state index < -0.39 is 0 Å². The summed E-state index contributed by atoms with van der Waals surface area (Å²) in [6, 6.07) is 16.7. The van der Waals surface area contributed by atoms with Gasteiger partial charge in [-0.15, -0.1) is 0 Å². The second-order valence-electron chi connectivity index (χ2n) is 6.65. The first-order valence-electron chi connectivity index (χ1n) is 8.62. The average molecular weight is 326 g/mol. The van der Waals surface area contributed by atoms with Crippen molar-refractivity contribution in [1.29, 1.82) is 0 Å². The number of hydrogen-bond donors (Lipinski definition) is 0. The number of aryl methyl sites for hydroxylation is 3.